The number of carbonyl (C=O) groups is 1. The Morgan fingerprint density at radius 2 is 1.88 bits per heavy atom. The zero-order valence-corrected chi connectivity index (χ0v) is 16.4. The van der Waals surface area contributed by atoms with Gasteiger partial charge in [0.1, 0.15) is 0 Å². The average molecular weight is 385 g/mol. The maximum Gasteiger partial charge on any atom is 0.237 e. The maximum absolute atomic E-state index is 12.5. The summed E-state index contributed by atoms with van der Waals surface area (Å²) >= 11 is 2.84. The quantitative estimate of drug-likeness (QED) is 0.584. The van der Waals surface area contributed by atoms with Gasteiger partial charge in [-0.1, -0.05) is 59.0 Å². The number of aromatic nitrogens is 2. The first kappa shape index (κ1) is 18.4. The summed E-state index contributed by atoms with van der Waals surface area (Å²) < 4.78 is 0.756. The second-order valence-corrected chi connectivity index (χ2v) is 8.50. The highest BCUT2D eigenvalue weighted by molar-refractivity contribution is 8.02. The van der Waals surface area contributed by atoms with Crippen molar-refractivity contribution < 1.29 is 4.79 Å². The Balaban J connectivity index is 1.59. The number of benzene rings is 2. The molecule has 1 heterocycles. The number of rotatable bonds is 6. The standard InChI is InChI=1S/C19H20N4OS2/c1-12-9-10-16(13(2)11-12)21-17(24)14(3)25-19-23-22-18(26-19)20-15-7-5-4-6-8-15/h4-11,14H,1-3H3,(H,20,22)(H,21,24)/t14-/m1/s1. The van der Waals surface area contributed by atoms with E-state index in [1.54, 1.807) is 0 Å². The SMILES string of the molecule is Cc1ccc(NC(=O)[C@@H](C)Sc2nnc(Nc3ccccc3)s2)c(C)c1. The molecule has 2 N–H and O–H groups in total. The van der Waals surface area contributed by atoms with Gasteiger partial charge in [-0.25, -0.2) is 0 Å². The molecular weight excluding hydrogens is 364 g/mol. The third-order valence-electron chi connectivity index (χ3n) is 3.72. The molecule has 0 saturated heterocycles. The van der Waals surface area contributed by atoms with E-state index in [4.69, 9.17) is 0 Å². The van der Waals surface area contributed by atoms with Crippen molar-refractivity contribution in [3.8, 4) is 0 Å². The van der Waals surface area contributed by atoms with Crippen molar-refractivity contribution in [1.29, 1.82) is 0 Å². The molecule has 1 aromatic heterocycles. The molecule has 3 rings (SSSR count). The van der Waals surface area contributed by atoms with Crippen LogP contribution in [0.15, 0.2) is 52.9 Å². The Bertz CT molecular complexity index is 896. The molecule has 0 spiro atoms. The number of nitrogens with zero attached hydrogens (tertiary/aromatic N) is 2. The van der Waals surface area contributed by atoms with Gasteiger partial charge in [0.05, 0.1) is 5.25 Å². The minimum Gasteiger partial charge on any atom is -0.330 e. The lowest BCUT2D eigenvalue weighted by molar-refractivity contribution is -0.115. The highest BCUT2D eigenvalue weighted by atomic mass is 32.2. The number of anilines is 3. The predicted molar refractivity (Wildman–Crippen MR) is 109 cm³/mol. The number of hydrogen-bond donors (Lipinski definition) is 2. The Kier molecular flexibility index (Phi) is 5.90. The van der Waals surface area contributed by atoms with Gasteiger partial charge in [-0.05, 0) is 44.5 Å². The van der Waals surface area contributed by atoms with E-state index >= 15 is 0 Å². The summed E-state index contributed by atoms with van der Waals surface area (Å²) in [7, 11) is 0. The van der Waals surface area contributed by atoms with E-state index in [1.165, 1.54) is 28.7 Å². The molecule has 7 heteroatoms. The van der Waals surface area contributed by atoms with Crippen molar-refractivity contribution in [2.75, 3.05) is 10.6 Å². The highest BCUT2D eigenvalue weighted by Gasteiger charge is 2.18. The highest BCUT2D eigenvalue weighted by Crippen LogP contribution is 2.31. The summed E-state index contributed by atoms with van der Waals surface area (Å²) in [5.41, 5.74) is 4.04. The Morgan fingerprint density at radius 1 is 1.12 bits per heavy atom. The fourth-order valence-electron chi connectivity index (χ4n) is 2.35. The van der Waals surface area contributed by atoms with Crippen molar-refractivity contribution in [2.24, 2.45) is 0 Å². The van der Waals surface area contributed by atoms with Crippen LogP contribution in [-0.4, -0.2) is 21.4 Å². The summed E-state index contributed by atoms with van der Waals surface area (Å²) in [5, 5.41) is 14.9. The summed E-state index contributed by atoms with van der Waals surface area (Å²) in [6.07, 6.45) is 0. The number of nitrogens with one attached hydrogen (secondary N) is 2. The van der Waals surface area contributed by atoms with Crippen LogP contribution in [0.5, 0.6) is 0 Å². The van der Waals surface area contributed by atoms with E-state index in [0.29, 0.717) is 5.13 Å². The van der Waals surface area contributed by atoms with E-state index in [-0.39, 0.29) is 11.2 Å². The van der Waals surface area contributed by atoms with E-state index in [9.17, 15) is 4.79 Å². The molecule has 2 aromatic carbocycles. The number of aryl methyl sites for hydroxylation is 2. The summed E-state index contributed by atoms with van der Waals surface area (Å²) in [4.78, 5) is 12.5. The molecule has 0 aliphatic heterocycles. The van der Waals surface area contributed by atoms with E-state index in [0.717, 1.165) is 21.3 Å². The first-order chi connectivity index (χ1) is 12.5. The molecular formula is C19H20N4OS2. The van der Waals surface area contributed by atoms with E-state index in [2.05, 4.69) is 26.9 Å². The monoisotopic (exact) mass is 384 g/mol. The van der Waals surface area contributed by atoms with Crippen LogP contribution in [0.25, 0.3) is 0 Å². The van der Waals surface area contributed by atoms with Crippen LogP contribution < -0.4 is 10.6 Å². The van der Waals surface area contributed by atoms with Crippen LogP contribution in [0.4, 0.5) is 16.5 Å². The fraction of sp³-hybridized carbons (Fsp3) is 0.211. The molecule has 0 bridgehead atoms. The molecule has 0 radical (unpaired) electrons. The molecule has 0 fully saturated rings. The first-order valence-electron chi connectivity index (χ1n) is 8.21. The van der Waals surface area contributed by atoms with Gasteiger partial charge in [-0.3, -0.25) is 4.79 Å². The lowest BCUT2D eigenvalue weighted by Gasteiger charge is -2.12. The molecule has 26 heavy (non-hydrogen) atoms. The second-order valence-electron chi connectivity index (χ2n) is 5.93. The van der Waals surface area contributed by atoms with Crippen LogP contribution in [0.2, 0.25) is 0 Å². The van der Waals surface area contributed by atoms with Gasteiger partial charge in [0, 0.05) is 11.4 Å². The molecule has 134 valence electrons. The number of amides is 1. The first-order valence-corrected chi connectivity index (χ1v) is 9.91. The third kappa shape index (κ3) is 4.83. The van der Waals surface area contributed by atoms with Gasteiger partial charge in [-0.2, -0.15) is 0 Å². The third-order valence-corrected chi connectivity index (χ3v) is 5.74. The van der Waals surface area contributed by atoms with Crippen LogP contribution in [0.1, 0.15) is 18.1 Å². The normalized spacial score (nSPS) is 11.8. The second kappa shape index (κ2) is 8.33. The van der Waals surface area contributed by atoms with Crippen LogP contribution >= 0.6 is 23.1 Å². The van der Waals surface area contributed by atoms with Crippen molar-refractivity contribution >= 4 is 45.5 Å². The van der Waals surface area contributed by atoms with Gasteiger partial charge in [-0.15, -0.1) is 10.2 Å². The van der Waals surface area contributed by atoms with E-state index < -0.39 is 0 Å². The topological polar surface area (TPSA) is 66.9 Å². The average Bonchev–Trinajstić information content (AvgIpc) is 3.05. The number of hydrogen-bond acceptors (Lipinski definition) is 6. The molecule has 0 unspecified atom stereocenters. The molecule has 5 nitrogen and oxygen atoms in total. The predicted octanol–water partition coefficient (Wildman–Crippen LogP) is 5.02. The van der Waals surface area contributed by atoms with E-state index in [1.807, 2.05) is 63.2 Å². The Morgan fingerprint density at radius 3 is 2.62 bits per heavy atom. The zero-order chi connectivity index (χ0) is 18.5. The molecule has 0 saturated carbocycles. The maximum atomic E-state index is 12.5. The molecule has 1 atom stereocenters. The molecule has 0 aliphatic rings. The minimum atomic E-state index is -0.270. The van der Waals surface area contributed by atoms with Crippen LogP contribution in [-0.2, 0) is 4.79 Å². The zero-order valence-electron chi connectivity index (χ0n) is 14.8. The molecule has 0 aliphatic carbocycles. The van der Waals surface area contributed by atoms with Crippen LogP contribution in [0, 0.1) is 13.8 Å². The molecule has 3 aromatic rings. The minimum absolute atomic E-state index is 0.0466. The van der Waals surface area contributed by atoms with Gasteiger partial charge in [0.15, 0.2) is 4.34 Å². The summed E-state index contributed by atoms with van der Waals surface area (Å²) in [6.45, 7) is 5.90. The van der Waals surface area contributed by atoms with Gasteiger partial charge in [0.25, 0.3) is 0 Å². The van der Waals surface area contributed by atoms with Gasteiger partial charge >= 0.3 is 0 Å². The smallest absolute Gasteiger partial charge is 0.237 e. The largest absolute Gasteiger partial charge is 0.330 e. The number of carbonyl (C=O) groups excluding carboxylic acids is 1. The Labute approximate surface area is 161 Å². The molecule has 1 amide bonds. The summed E-state index contributed by atoms with van der Waals surface area (Å²) in [5.74, 6) is -0.0466. The van der Waals surface area contributed by atoms with Crippen molar-refractivity contribution in [3.63, 3.8) is 0 Å². The van der Waals surface area contributed by atoms with Gasteiger partial charge in [0.2, 0.25) is 11.0 Å². The fourth-order valence-corrected chi connectivity index (χ4v) is 4.26. The van der Waals surface area contributed by atoms with Gasteiger partial charge < -0.3 is 10.6 Å². The van der Waals surface area contributed by atoms with Crippen molar-refractivity contribution in [1.82, 2.24) is 10.2 Å². The Hall–Kier alpha value is -2.38. The van der Waals surface area contributed by atoms with Crippen molar-refractivity contribution in [3.05, 3.63) is 59.7 Å². The lowest BCUT2D eigenvalue weighted by Crippen LogP contribution is -2.22. The summed E-state index contributed by atoms with van der Waals surface area (Å²) in [6, 6.07) is 15.8. The van der Waals surface area contributed by atoms with Crippen molar-refractivity contribution in [2.45, 2.75) is 30.4 Å². The number of thioether (sulfide) groups is 1. The number of para-hydroxylation sites is 1. The lowest BCUT2D eigenvalue weighted by atomic mass is 10.1. The van der Waals surface area contributed by atoms with Crippen LogP contribution in [0.3, 0.4) is 0 Å².